The summed E-state index contributed by atoms with van der Waals surface area (Å²) in [7, 11) is -1.97. The largest absolute Gasteiger partial charge is 0.492 e. The summed E-state index contributed by atoms with van der Waals surface area (Å²) in [6.07, 6.45) is 0.227. The zero-order valence-electron chi connectivity index (χ0n) is 16.0. The lowest BCUT2D eigenvalue weighted by atomic mass is 10.1. The van der Waals surface area contributed by atoms with Crippen molar-refractivity contribution in [3.63, 3.8) is 0 Å². The van der Waals surface area contributed by atoms with Crippen molar-refractivity contribution >= 4 is 21.6 Å². The average molecular weight is 388 g/mol. The number of hydrogen-bond donors (Lipinski definition) is 1. The van der Waals surface area contributed by atoms with Gasteiger partial charge in [0.15, 0.2) is 0 Å². The number of sulfonamides is 1. The summed E-state index contributed by atoms with van der Waals surface area (Å²) in [5.74, 6) is 0.723. The van der Waals surface area contributed by atoms with E-state index in [0.717, 1.165) is 28.1 Å². The third kappa shape index (κ3) is 3.99. The molecule has 1 amide bonds. The summed E-state index contributed by atoms with van der Waals surface area (Å²) in [6, 6.07) is 8.77. The van der Waals surface area contributed by atoms with E-state index in [-0.39, 0.29) is 30.4 Å². The number of aryl methyl sites for hydroxylation is 3. The number of carbonyl (C=O) groups excluding carboxylic acids is 1. The van der Waals surface area contributed by atoms with Gasteiger partial charge in [0.05, 0.1) is 11.3 Å². The normalized spacial score (nSPS) is 13.8. The van der Waals surface area contributed by atoms with Crippen LogP contribution in [0.2, 0.25) is 0 Å². The van der Waals surface area contributed by atoms with Gasteiger partial charge in [0.1, 0.15) is 12.4 Å². The zero-order chi connectivity index (χ0) is 19.8. The van der Waals surface area contributed by atoms with Gasteiger partial charge in [-0.3, -0.25) is 4.79 Å². The molecule has 1 aliphatic heterocycles. The van der Waals surface area contributed by atoms with E-state index >= 15 is 0 Å². The molecule has 7 heteroatoms. The smallest absolute Gasteiger partial charge is 0.240 e. The summed E-state index contributed by atoms with van der Waals surface area (Å²) in [6.45, 7) is 6.41. The van der Waals surface area contributed by atoms with Gasteiger partial charge in [-0.05, 0) is 67.3 Å². The van der Waals surface area contributed by atoms with Crippen LogP contribution >= 0.6 is 0 Å². The molecule has 1 N–H and O–H groups in total. The van der Waals surface area contributed by atoms with Gasteiger partial charge in [-0.15, -0.1) is 0 Å². The van der Waals surface area contributed by atoms with Gasteiger partial charge in [0.25, 0.3) is 0 Å². The maximum Gasteiger partial charge on any atom is 0.240 e. The number of fused-ring (bicyclic) bond motifs is 1. The van der Waals surface area contributed by atoms with E-state index in [2.05, 4.69) is 10.8 Å². The predicted molar refractivity (Wildman–Crippen MR) is 105 cm³/mol. The fourth-order valence-corrected chi connectivity index (χ4v) is 4.19. The standard InChI is InChI=1S/C20H24N2O4S/c1-13-9-15(3)19(10-14(13)2)26-8-7-21-27(24,25)17-5-6-18-16(11-17)12-20(23)22(18)4/h5-6,9-11,21H,7-8,12H2,1-4H3. The van der Waals surface area contributed by atoms with E-state index in [4.69, 9.17) is 4.74 Å². The first-order chi connectivity index (χ1) is 12.7. The first-order valence-corrected chi connectivity index (χ1v) is 10.3. The van der Waals surface area contributed by atoms with Gasteiger partial charge < -0.3 is 9.64 Å². The Morgan fingerprint density at radius 2 is 1.78 bits per heavy atom. The third-order valence-electron chi connectivity index (χ3n) is 4.88. The topological polar surface area (TPSA) is 75.7 Å². The molecule has 6 nitrogen and oxygen atoms in total. The average Bonchev–Trinajstić information content (AvgIpc) is 2.90. The van der Waals surface area contributed by atoms with Crippen molar-refractivity contribution in [1.82, 2.24) is 4.72 Å². The Kier molecular flexibility index (Phi) is 5.26. The fourth-order valence-electron chi connectivity index (χ4n) is 3.12. The molecule has 0 fully saturated rings. The molecule has 27 heavy (non-hydrogen) atoms. The number of benzene rings is 2. The van der Waals surface area contributed by atoms with Gasteiger partial charge in [-0.25, -0.2) is 13.1 Å². The molecule has 0 saturated heterocycles. The van der Waals surface area contributed by atoms with Crippen LogP contribution < -0.4 is 14.4 Å². The van der Waals surface area contributed by atoms with Gasteiger partial charge in [-0.1, -0.05) is 6.07 Å². The molecule has 144 valence electrons. The minimum Gasteiger partial charge on any atom is -0.492 e. The molecule has 0 atom stereocenters. The summed E-state index contributed by atoms with van der Waals surface area (Å²) in [5, 5.41) is 0. The van der Waals surface area contributed by atoms with Crippen molar-refractivity contribution in [3.05, 3.63) is 52.6 Å². The van der Waals surface area contributed by atoms with Crippen LogP contribution in [0.4, 0.5) is 5.69 Å². The Balaban J connectivity index is 1.62. The first kappa shape index (κ1) is 19.4. The molecular weight excluding hydrogens is 364 g/mol. The Morgan fingerprint density at radius 3 is 2.52 bits per heavy atom. The minimum atomic E-state index is -3.66. The van der Waals surface area contributed by atoms with Crippen LogP contribution in [0.5, 0.6) is 5.75 Å². The van der Waals surface area contributed by atoms with E-state index in [0.29, 0.717) is 0 Å². The molecule has 0 aromatic heterocycles. The quantitative estimate of drug-likeness (QED) is 0.772. The zero-order valence-corrected chi connectivity index (χ0v) is 16.8. The highest BCUT2D eigenvalue weighted by atomic mass is 32.2. The molecule has 0 aliphatic carbocycles. The third-order valence-corrected chi connectivity index (χ3v) is 6.34. The molecule has 2 aromatic rings. The fraction of sp³-hybridized carbons (Fsp3) is 0.350. The van der Waals surface area contributed by atoms with Gasteiger partial charge in [-0.2, -0.15) is 0 Å². The second kappa shape index (κ2) is 7.32. The number of hydrogen-bond acceptors (Lipinski definition) is 4. The van der Waals surface area contributed by atoms with Crippen LogP contribution in [0.15, 0.2) is 35.2 Å². The number of nitrogens with one attached hydrogen (secondary N) is 1. The predicted octanol–water partition coefficient (Wildman–Crippen LogP) is 2.49. The monoisotopic (exact) mass is 388 g/mol. The van der Waals surface area contributed by atoms with Crippen LogP contribution in [-0.2, 0) is 21.2 Å². The number of anilines is 1. The second-order valence-electron chi connectivity index (χ2n) is 6.87. The summed E-state index contributed by atoms with van der Waals surface area (Å²) < 4.78 is 33.3. The van der Waals surface area contributed by atoms with Crippen molar-refractivity contribution in [2.75, 3.05) is 25.1 Å². The molecule has 0 radical (unpaired) electrons. The molecule has 1 heterocycles. The summed E-state index contributed by atoms with van der Waals surface area (Å²) in [5.41, 5.74) is 4.84. The van der Waals surface area contributed by atoms with E-state index in [9.17, 15) is 13.2 Å². The molecule has 0 spiro atoms. The molecular formula is C20H24N2O4S. The van der Waals surface area contributed by atoms with E-state index in [1.807, 2.05) is 26.8 Å². The van der Waals surface area contributed by atoms with Gasteiger partial charge in [0, 0.05) is 19.3 Å². The van der Waals surface area contributed by atoms with Crippen LogP contribution in [0.1, 0.15) is 22.3 Å². The molecule has 0 saturated carbocycles. The SMILES string of the molecule is Cc1cc(C)c(OCCNS(=O)(=O)c2ccc3c(c2)CC(=O)N3C)cc1C. The minimum absolute atomic E-state index is 0.0373. The number of likely N-dealkylation sites (N-methyl/N-ethyl adjacent to an activating group) is 1. The molecule has 2 aromatic carbocycles. The summed E-state index contributed by atoms with van der Waals surface area (Å²) >= 11 is 0. The van der Waals surface area contributed by atoms with Crippen LogP contribution in [0.25, 0.3) is 0 Å². The Bertz CT molecular complexity index is 999. The highest BCUT2D eigenvalue weighted by Gasteiger charge is 2.26. The highest BCUT2D eigenvalue weighted by molar-refractivity contribution is 7.89. The molecule has 0 unspecified atom stereocenters. The number of ether oxygens (including phenoxy) is 1. The van der Waals surface area contributed by atoms with E-state index in [1.165, 1.54) is 11.6 Å². The Hall–Kier alpha value is -2.38. The van der Waals surface area contributed by atoms with Crippen molar-refractivity contribution in [1.29, 1.82) is 0 Å². The number of amides is 1. The van der Waals surface area contributed by atoms with Crippen LogP contribution in [0, 0.1) is 20.8 Å². The lowest BCUT2D eigenvalue weighted by Crippen LogP contribution is -2.28. The van der Waals surface area contributed by atoms with Crippen LogP contribution in [-0.4, -0.2) is 34.5 Å². The highest BCUT2D eigenvalue weighted by Crippen LogP contribution is 2.29. The van der Waals surface area contributed by atoms with Gasteiger partial charge >= 0.3 is 0 Å². The molecule has 3 rings (SSSR count). The Labute approximate surface area is 160 Å². The number of nitrogens with zero attached hydrogens (tertiary/aromatic N) is 1. The van der Waals surface area contributed by atoms with E-state index in [1.54, 1.807) is 24.1 Å². The Morgan fingerprint density at radius 1 is 1.07 bits per heavy atom. The number of carbonyl (C=O) groups is 1. The lowest BCUT2D eigenvalue weighted by molar-refractivity contribution is -0.117. The van der Waals surface area contributed by atoms with Gasteiger partial charge in [0.2, 0.25) is 15.9 Å². The maximum atomic E-state index is 12.5. The second-order valence-corrected chi connectivity index (χ2v) is 8.64. The number of rotatable bonds is 6. The summed E-state index contributed by atoms with van der Waals surface area (Å²) in [4.78, 5) is 13.5. The first-order valence-electron chi connectivity index (χ1n) is 8.79. The lowest BCUT2D eigenvalue weighted by Gasteiger charge is -2.13. The van der Waals surface area contributed by atoms with E-state index < -0.39 is 10.0 Å². The molecule has 0 bridgehead atoms. The maximum absolute atomic E-state index is 12.5. The van der Waals surface area contributed by atoms with Crippen molar-refractivity contribution in [2.45, 2.75) is 32.1 Å². The van der Waals surface area contributed by atoms with Crippen molar-refractivity contribution < 1.29 is 17.9 Å². The van der Waals surface area contributed by atoms with Crippen molar-refractivity contribution in [3.8, 4) is 5.75 Å². The molecule has 1 aliphatic rings. The van der Waals surface area contributed by atoms with Crippen molar-refractivity contribution in [2.24, 2.45) is 0 Å². The van der Waals surface area contributed by atoms with Crippen LogP contribution in [0.3, 0.4) is 0 Å².